The molecular weight excluding hydrogens is 344 g/mol. The van der Waals surface area contributed by atoms with Gasteiger partial charge in [0.15, 0.2) is 5.11 Å². The molecule has 0 atom stereocenters. The molecule has 0 unspecified atom stereocenters. The van der Waals surface area contributed by atoms with Crippen molar-refractivity contribution < 1.29 is 9.64 Å². The van der Waals surface area contributed by atoms with Crippen LogP contribution < -0.4 is 20.4 Å². The van der Waals surface area contributed by atoms with Gasteiger partial charge in [-0.05, 0) is 55.2 Å². The number of morpholine rings is 1. The second-order valence-corrected chi connectivity index (χ2v) is 7.97. The molecule has 2 saturated heterocycles. The van der Waals surface area contributed by atoms with Gasteiger partial charge >= 0.3 is 0 Å². The van der Waals surface area contributed by atoms with Crippen molar-refractivity contribution in [3.05, 3.63) is 24.3 Å². The van der Waals surface area contributed by atoms with Crippen LogP contribution in [0.25, 0.3) is 0 Å². The minimum atomic E-state index is 0.710. The number of hydrogen-bond acceptors (Lipinski definition) is 3. The predicted molar refractivity (Wildman–Crippen MR) is 112 cm³/mol. The fourth-order valence-electron chi connectivity index (χ4n) is 3.65. The summed E-state index contributed by atoms with van der Waals surface area (Å²) < 4.78 is 5.39. The molecule has 5 nitrogen and oxygen atoms in total. The van der Waals surface area contributed by atoms with Crippen LogP contribution in [0.3, 0.4) is 0 Å². The van der Waals surface area contributed by atoms with Gasteiger partial charge in [0.2, 0.25) is 0 Å². The molecule has 2 aliphatic rings. The molecule has 2 aliphatic heterocycles. The van der Waals surface area contributed by atoms with Gasteiger partial charge in [-0.25, -0.2) is 0 Å². The zero-order valence-corrected chi connectivity index (χ0v) is 16.7. The predicted octanol–water partition coefficient (Wildman–Crippen LogP) is 1.51. The molecule has 26 heavy (non-hydrogen) atoms. The molecule has 0 saturated carbocycles. The van der Waals surface area contributed by atoms with Crippen LogP contribution in [0.1, 0.15) is 26.2 Å². The molecule has 0 amide bonds. The number of thiocarbonyl (C=S) groups is 1. The highest BCUT2D eigenvalue weighted by molar-refractivity contribution is 7.80. The van der Waals surface area contributed by atoms with Gasteiger partial charge < -0.3 is 25.2 Å². The average Bonchev–Trinajstić information content (AvgIpc) is 2.67. The molecule has 2 heterocycles. The standard InChI is InChI=1S/C20H32N4OS/c1-17-7-11-24(12-8-17)19-5-3-18(4-6-19)22-20(26)21-9-2-10-23-13-15-25-16-14-23/h3-6,17H,2,7-16H2,1H3,(H2,21,22,26)/p+1. The third-order valence-electron chi connectivity index (χ3n) is 5.47. The van der Waals surface area contributed by atoms with Crippen LogP contribution in [0.2, 0.25) is 0 Å². The number of ether oxygens (including phenoxy) is 1. The molecule has 144 valence electrons. The lowest BCUT2D eigenvalue weighted by molar-refractivity contribution is -0.908. The van der Waals surface area contributed by atoms with E-state index in [1.807, 2.05) is 0 Å². The summed E-state index contributed by atoms with van der Waals surface area (Å²) in [5.74, 6) is 0.862. The lowest BCUT2D eigenvalue weighted by Gasteiger charge is -2.32. The first-order valence-electron chi connectivity index (χ1n) is 10.0. The zero-order chi connectivity index (χ0) is 18.2. The third-order valence-corrected chi connectivity index (χ3v) is 5.71. The van der Waals surface area contributed by atoms with Crippen LogP contribution in [0, 0.1) is 5.92 Å². The maximum atomic E-state index is 5.42. The number of nitrogens with zero attached hydrogens (tertiary/aromatic N) is 1. The highest BCUT2D eigenvalue weighted by Gasteiger charge is 2.16. The summed E-state index contributed by atoms with van der Waals surface area (Å²) in [4.78, 5) is 4.12. The summed E-state index contributed by atoms with van der Waals surface area (Å²) in [6.45, 7) is 10.8. The number of quaternary nitrogens is 1. The monoisotopic (exact) mass is 377 g/mol. The van der Waals surface area contributed by atoms with E-state index in [2.05, 4.69) is 46.7 Å². The molecule has 0 aromatic heterocycles. The van der Waals surface area contributed by atoms with Crippen molar-refractivity contribution in [3.63, 3.8) is 0 Å². The Labute approximate surface area is 163 Å². The summed E-state index contributed by atoms with van der Waals surface area (Å²) in [5.41, 5.74) is 2.37. The quantitative estimate of drug-likeness (QED) is 0.518. The van der Waals surface area contributed by atoms with Gasteiger partial charge in [0, 0.05) is 37.4 Å². The zero-order valence-electron chi connectivity index (χ0n) is 15.9. The van der Waals surface area contributed by atoms with E-state index < -0.39 is 0 Å². The van der Waals surface area contributed by atoms with Crippen LogP contribution in [0.5, 0.6) is 0 Å². The van der Waals surface area contributed by atoms with E-state index in [-0.39, 0.29) is 0 Å². The SMILES string of the molecule is CC1CCN(c2ccc(NC(=S)NCCC[NH+]3CCOCC3)cc2)CC1. The first-order valence-corrected chi connectivity index (χ1v) is 10.4. The van der Waals surface area contributed by atoms with Crippen LogP contribution in [-0.2, 0) is 4.74 Å². The maximum absolute atomic E-state index is 5.42. The van der Waals surface area contributed by atoms with Crippen LogP contribution in [-0.4, -0.2) is 57.6 Å². The van der Waals surface area contributed by atoms with Gasteiger partial charge in [-0.2, -0.15) is 0 Å². The Morgan fingerprint density at radius 1 is 1.19 bits per heavy atom. The number of piperidine rings is 1. The number of rotatable bonds is 6. The van der Waals surface area contributed by atoms with Crippen molar-refractivity contribution in [1.82, 2.24) is 5.32 Å². The Balaban J connectivity index is 1.34. The Hall–Kier alpha value is -1.37. The molecule has 3 rings (SSSR count). The molecular formula is C20H33N4OS+. The largest absolute Gasteiger partial charge is 0.372 e. The summed E-state index contributed by atoms with van der Waals surface area (Å²) in [5, 5.41) is 7.32. The van der Waals surface area contributed by atoms with E-state index in [1.54, 1.807) is 4.90 Å². The third kappa shape index (κ3) is 6.11. The fourth-order valence-corrected chi connectivity index (χ4v) is 3.87. The second-order valence-electron chi connectivity index (χ2n) is 7.56. The van der Waals surface area contributed by atoms with E-state index in [0.717, 1.165) is 50.9 Å². The second kappa shape index (κ2) is 10.1. The summed E-state index contributed by atoms with van der Waals surface area (Å²) in [6.07, 6.45) is 3.71. The van der Waals surface area contributed by atoms with Gasteiger partial charge in [-0.3, -0.25) is 0 Å². The molecule has 1 aromatic carbocycles. The molecule has 0 bridgehead atoms. The minimum absolute atomic E-state index is 0.710. The normalized spacial score (nSPS) is 19.3. The van der Waals surface area contributed by atoms with Gasteiger partial charge in [0.05, 0.1) is 19.8 Å². The van der Waals surface area contributed by atoms with Gasteiger partial charge in [-0.15, -0.1) is 0 Å². The van der Waals surface area contributed by atoms with E-state index in [4.69, 9.17) is 17.0 Å². The Bertz CT molecular complexity index is 551. The first-order chi connectivity index (χ1) is 12.7. The number of anilines is 2. The van der Waals surface area contributed by atoms with Gasteiger partial charge in [0.1, 0.15) is 13.1 Å². The van der Waals surface area contributed by atoms with Crippen molar-refractivity contribution >= 4 is 28.7 Å². The molecule has 0 spiro atoms. The molecule has 0 aliphatic carbocycles. The number of nitrogens with one attached hydrogen (secondary N) is 3. The Morgan fingerprint density at radius 3 is 2.58 bits per heavy atom. The summed E-state index contributed by atoms with van der Waals surface area (Å²) in [6, 6.07) is 8.64. The van der Waals surface area contributed by atoms with Gasteiger partial charge in [0.25, 0.3) is 0 Å². The molecule has 1 aromatic rings. The van der Waals surface area contributed by atoms with Crippen molar-refractivity contribution in [3.8, 4) is 0 Å². The van der Waals surface area contributed by atoms with Crippen molar-refractivity contribution in [2.75, 3.05) is 62.7 Å². The maximum Gasteiger partial charge on any atom is 0.170 e. The van der Waals surface area contributed by atoms with E-state index in [0.29, 0.717) is 5.11 Å². The smallest absolute Gasteiger partial charge is 0.170 e. The molecule has 3 N–H and O–H groups in total. The van der Waals surface area contributed by atoms with E-state index in [1.165, 1.54) is 38.2 Å². The first kappa shape index (κ1) is 19.4. The summed E-state index contributed by atoms with van der Waals surface area (Å²) >= 11 is 5.42. The molecule has 0 radical (unpaired) electrons. The van der Waals surface area contributed by atoms with Gasteiger partial charge in [-0.1, -0.05) is 6.92 Å². The van der Waals surface area contributed by atoms with Crippen molar-refractivity contribution in [1.29, 1.82) is 0 Å². The number of benzene rings is 1. The van der Waals surface area contributed by atoms with Crippen molar-refractivity contribution in [2.45, 2.75) is 26.2 Å². The summed E-state index contributed by atoms with van der Waals surface area (Å²) in [7, 11) is 0. The topological polar surface area (TPSA) is 41.0 Å². The highest BCUT2D eigenvalue weighted by Crippen LogP contribution is 2.24. The average molecular weight is 378 g/mol. The van der Waals surface area contributed by atoms with E-state index >= 15 is 0 Å². The Morgan fingerprint density at radius 2 is 1.88 bits per heavy atom. The molecule has 2 fully saturated rings. The lowest BCUT2D eigenvalue weighted by Crippen LogP contribution is -3.14. The van der Waals surface area contributed by atoms with Crippen LogP contribution in [0.15, 0.2) is 24.3 Å². The fraction of sp³-hybridized carbons (Fsp3) is 0.650. The Kier molecular flexibility index (Phi) is 7.53. The van der Waals surface area contributed by atoms with E-state index in [9.17, 15) is 0 Å². The highest BCUT2D eigenvalue weighted by atomic mass is 32.1. The van der Waals surface area contributed by atoms with Crippen molar-refractivity contribution in [2.24, 2.45) is 5.92 Å². The minimum Gasteiger partial charge on any atom is -0.372 e. The van der Waals surface area contributed by atoms with Crippen LogP contribution >= 0.6 is 12.2 Å². The number of hydrogen-bond donors (Lipinski definition) is 3. The molecule has 6 heteroatoms. The van der Waals surface area contributed by atoms with Crippen LogP contribution in [0.4, 0.5) is 11.4 Å². The lowest BCUT2D eigenvalue weighted by atomic mass is 9.99.